The fourth-order valence-corrected chi connectivity index (χ4v) is 2.86. The van der Waals surface area contributed by atoms with Crippen LogP contribution in [0.15, 0.2) is 22.7 Å². The van der Waals surface area contributed by atoms with Gasteiger partial charge >= 0.3 is 0 Å². The van der Waals surface area contributed by atoms with Gasteiger partial charge in [0.2, 0.25) is 0 Å². The Labute approximate surface area is 91.6 Å². The topological polar surface area (TPSA) is 15.8 Å². The van der Waals surface area contributed by atoms with E-state index in [1.54, 1.807) is 5.56 Å². The van der Waals surface area contributed by atoms with Crippen molar-refractivity contribution < 1.29 is 0 Å². The van der Waals surface area contributed by atoms with E-state index >= 15 is 0 Å². The van der Waals surface area contributed by atoms with Crippen molar-refractivity contribution in [2.75, 3.05) is 0 Å². The highest BCUT2D eigenvalue weighted by atomic mass is 79.9. The molecule has 0 spiro atoms. The maximum Gasteiger partial charge on any atom is 0.0603 e. The monoisotopic (exact) mass is 249 g/mol. The summed E-state index contributed by atoms with van der Waals surface area (Å²) in [5.41, 5.74) is 4.28. The lowest BCUT2D eigenvalue weighted by Gasteiger charge is -2.10. The van der Waals surface area contributed by atoms with Crippen molar-refractivity contribution in [3.63, 3.8) is 0 Å². The average Bonchev–Trinajstić information content (AvgIpc) is 2.59. The van der Waals surface area contributed by atoms with E-state index in [1.165, 1.54) is 46.8 Å². The van der Waals surface area contributed by atoms with E-state index in [4.69, 9.17) is 0 Å². The summed E-state index contributed by atoms with van der Waals surface area (Å²) in [5.74, 6) is 0. The van der Waals surface area contributed by atoms with E-state index < -0.39 is 0 Å². The molecule has 72 valence electrons. The van der Waals surface area contributed by atoms with Gasteiger partial charge in [0.1, 0.15) is 0 Å². The van der Waals surface area contributed by atoms with Gasteiger partial charge < -0.3 is 4.98 Å². The van der Waals surface area contributed by atoms with Gasteiger partial charge in [-0.15, -0.1) is 0 Å². The van der Waals surface area contributed by atoms with Gasteiger partial charge in [-0.25, -0.2) is 0 Å². The third-order valence-corrected chi connectivity index (χ3v) is 3.74. The van der Waals surface area contributed by atoms with Crippen LogP contribution in [0.1, 0.15) is 24.1 Å². The van der Waals surface area contributed by atoms with Crippen LogP contribution in [0, 0.1) is 0 Å². The van der Waals surface area contributed by atoms with Gasteiger partial charge in [-0.1, -0.05) is 12.1 Å². The molecule has 0 aliphatic heterocycles. The Morgan fingerprint density at radius 3 is 2.93 bits per heavy atom. The second-order valence-electron chi connectivity index (χ2n) is 3.95. The van der Waals surface area contributed by atoms with Gasteiger partial charge in [-0.05, 0) is 53.2 Å². The number of fused-ring (bicyclic) bond motifs is 3. The van der Waals surface area contributed by atoms with Crippen molar-refractivity contribution in [1.29, 1.82) is 0 Å². The number of H-pyrrole nitrogens is 1. The number of halogens is 1. The number of para-hydroxylation sites is 1. The Morgan fingerprint density at radius 1 is 1.14 bits per heavy atom. The Kier molecular flexibility index (Phi) is 1.91. The molecular formula is C12H12BrN. The second-order valence-corrected chi connectivity index (χ2v) is 4.81. The fraction of sp³-hybridized carbons (Fsp3) is 0.333. The summed E-state index contributed by atoms with van der Waals surface area (Å²) in [6.45, 7) is 0. The minimum atomic E-state index is 1.18. The quantitative estimate of drug-likeness (QED) is 0.731. The zero-order chi connectivity index (χ0) is 9.54. The van der Waals surface area contributed by atoms with Crippen molar-refractivity contribution in [1.82, 2.24) is 4.98 Å². The van der Waals surface area contributed by atoms with E-state index in [1.807, 2.05) is 0 Å². The third kappa shape index (κ3) is 1.13. The predicted octanol–water partition coefficient (Wildman–Crippen LogP) is 3.81. The lowest BCUT2D eigenvalue weighted by molar-refractivity contribution is 0.680. The summed E-state index contributed by atoms with van der Waals surface area (Å²) in [5, 5.41) is 1.41. The van der Waals surface area contributed by atoms with Crippen LogP contribution in [-0.4, -0.2) is 4.98 Å². The zero-order valence-corrected chi connectivity index (χ0v) is 9.52. The summed E-state index contributed by atoms with van der Waals surface area (Å²) >= 11 is 3.59. The molecule has 0 radical (unpaired) electrons. The number of aromatic amines is 1. The number of benzene rings is 1. The van der Waals surface area contributed by atoms with Crippen LogP contribution in [0.5, 0.6) is 0 Å². The summed E-state index contributed by atoms with van der Waals surface area (Å²) < 4.78 is 1.18. The summed E-state index contributed by atoms with van der Waals surface area (Å²) in [6.07, 6.45) is 5.13. The molecule has 3 rings (SSSR count). The zero-order valence-electron chi connectivity index (χ0n) is 7.94. The number of hydrogen-bond acceptors (Lipinski definition) is 0. The van der Waals surface area contributed by atoms with Gasteiger partial charge in [-0.2, -0.15) is 0 Å². The first-order valence-electron chi connectivity index (χ1n) is 5.14. The maximum atomic E-state index is 3.59. The Bertz CT molecular complexity index is 484. The molecule has 0 bridgehead atoms. The summed E-state index contributed by atoms with van der Waals surface area (Å²) in [4.78, 5) is 3.54. The van der Waals surface area contributed by atoms with E-state index in [-0.39, 0.29) is 0 Å². The van der Waals surface area contributed by atoms with Crippen LogP contribution < -0.4 is 0 Å². The van der Waals surface area contributed by atoms with E-state index in [0.29, 0.717) is 0 Å². The molecule has 1 aromatic carbocycles. The van der Waals surface area contributed by atoms with Gasteiger partial charge in [0.25, 0.3) is 0 Å². The molecule has 1 aliphatic carbocycles. The minimum Gasteiger partial charge on any atom is -0.357 e. The number of aromatic nitrogens is 1. The molecule has 1 aliphatic rings. The Hall–Kier alpha value is -0.760. The molecule has 2 aromatic rings. The molecule has 0 atom stereocenters. The maximum absolute atomic E-state index is 3.59. The smallest absolute Gasteiger partial charge is 0.0603 e. The van der Waals surface area contributed by atoms with Gasteiger partial charge in [0, 0.05) is 15.6 Å². The standard InChI is InChI=1S/C12H12BrN/c13-10-6-3-5-9-8-4-1-2-7-11(8)14-12(9)10/h3,5-6,14H,1-2,4,7H2. The van der Waals surface area contributed by atoms with Crippen molar-refractivity contribution in [2.45, 2.75) is 25.7 Å². The number of nitrogens with one attached hydrogen (secondary N) is 1. The molecule has 1 nitrogen and oxygen atoms in total. The second kappa shape index (κ2) is 3.13. The summed E-state index contributed by atoms with van der Waals surface area (Å²) in [7, 11) is 0. The predicted molar refractivity (Wildman–Crippen MR) is 62.6 cm³/mol. The van der Waals surface area contributed by atoms with Gasteiger partial charge in [0.15, 0.2) is 0 Å². The van der Waals surface area contributed by atoms with Crippen molar-refractivity contribution in [2.24, 2.45) is 0 Å². The molecule has 0 unspecified atom stereocenters. The van der Waals surface area contributed by atoms with Crippen molar-refractivity contribution >= 4 is 26.8 Å². The van der Waals surface area contributed by atoms with Crippen molar-refractivity contribution in [3.8, 4) is 0 Å². The Morgan fingerprint density at radius 2 is 2.00 bits per heavy atom. The van der Waals surface area contributed by atoms with E-state index in [0.717, 1.165) is 0 Å². The highest BCUT2D eigenvalue weighted by Gasteiger charge is 2.15. The first-order valence-corrected chi connectivity index (χ1v) is 5.93. The van der Waals surface area contributed by atoms with E-state index in [9.17, 15) is 0 Å². The number of rotatable bonds is 0. The molecule has 2 heteroatoms. The van der Waals surface area contributed by atoms with Crippen LogP contribution in [0.4, 0.5) is 0 Å². The number of hydrogen-bond donors (Lipinski definition) is 1. The first kappa shape index (κ1) is 8.54. The Balaban J connectivity index is 2.36. The molecular weight excluding hydrogens is 238 g/mol. The molecule has 1 aromatic heterocycles. The molecule has 0 saturated carbocycles. The minimum absolute atomic E-state index is 1.18. The van der Waals surface area contributed by atoms with Crippen LogP contribution in [-0.2, 0) is 12.8 Å². The molecule has 14 heavy (non-hydrogen) atoms. The van der Waals surface area contributed by atoms with Gasteiger partial charge in [-0.3, -0.25) is 0 Å². The molecule has 0 amide bonds. The van der Waals surface area contributed by atoms with E-state index in [2.05, 4.69) is 39.1 Å². The summed E-state index contributed by atoms with van der Waals surface area (Å²) in [6, 6.07) is 6.44. The fourth-order valence-electron chi connectivity index (χ4n) is 2.39. The van der Waals surface area contributed by atoms with Crippen LogP contribution in [0.25, 0.3) is 10.9 Å². The third-order valence-electron chi connectivity index (χ3n) is 3.08. The van der Waals surface area contributed by atoms with Crippen LogP contribution >= 0.6 is 15.9 Å². The molecule has 0 fully saturated rings. The van der Waals surface area contributed by atoms with Gasteiger partial charge in [0.05, 0.1) is 5.52 Å². The molecule has 1 heterocycles. The normalized spacial score (nSPS) is 15.8. The van der Waals surface area contributed by atoms with Crippen molar-refractivity contribution in [3.05, 3.63) is 33.9 Å². The highest BCUT2D eigenvalue weighted by molar-refractivity contribution is 9.10. The average molecular weight is 250 g/mol. The SMILES string of the molecule is Brc1cccc2c3c([nH]c12)CCCC3. The molecule has 1 N–H and O–H groups in total. The highest BCUT2D eigenvalue weighted by Crippen LogP contribution is 2.32. The molecule has 0 saturated heterocycles. The largest absolute Gasteiger partial charge is 0.357 e. The van der Waals surface area contributed by atoms with Crippen LogP contribution in [0.2, 0.25) is 0 Å². The lowest BCUT2D eigenvalue weighted by Crippen LogP contribution is -1.99. The number of aryl methyl sites for hydroxylation is 2. The van der Waals surface area contributed by atoms with Crippen LogP contribution in [0.3, 0.4) is 0 Å². The lowest BCUT2D eigenvalue weighted by atomic mass is 9.96. The first-order chi connectivity index (χ1) is 6.86.